The fourth-order valence-electron chi connectivity index (χ4n) is 1.94. The van der Waals surface area contributed by atoms with E-state index < -0.39 is 0 Å². The first kappa shape index (κ1) is 17.7. The molecule has 1 aromatic heterocycles. The van der Waals surface area contributed by atoms with Crippen LogP contribution in [0.15, 0.2) is 40.9 Å². The number of benzene rings is 1. The number of carbonyl (C=O) groups is 2. The third kappa shape index (κ3) is 5.48. The van der Waals surface area contributed by atoms with E-state index in [2.05, 4.69) is 26.6 Å². The largest absolute Gasteiger partial charge is 0.350 e. The average molecular weight is 395 g/mol. The van der Waals surface area contributed by atoms with Crippen LogP contribution in [0.2, 0.25) is 0 Å². The second-order valence-electron chi connectivity index (χ2n) is 6.15. The van der Waals surface area contributed by atoms with Crippen LogP contribution in [-0.2, 0) is 4.79 Å². The lowest BCUT2D eigenvalue weighted by molar-refractivity contribution is -0.121. The van der Waals surface area contributed by atoms with E-state index >= 15 is 0 Å². The third-order valence-electron chi connectivity index (χ3n) is 2.88. The highest BCUT2D eigenvalue weighted by Crippen LogP contribution is 2.29. The first-order valence-electron chi connectivity index (χ1n) is 7.19. The standard InChI is InChI=1S/C17H19BrN2O2S/c1-17(2,3)20-15(21)10-19-16(22)14-9-8-13(23-14)11-4-6-12(18)7-5-11/h4-9H,10H2,1-3H3,(H,19,22)(H,20,21). The van der Waals surface area contributed by atoms with E-state index in [0.29, 0.717) is 4.88 Å². The van der Waals surface area contributed by atoms with Crippen molar-refractivity contribution in [3.8, 4) is 10.4 Å². The number of nitrogens with one attached hydrogen (secondary N) is 2. The molecule has 0 unspecified atom stereocenters. The van der Waals surface area contributed by atoms with E-state index in [-0.39, 0.29) is 23.9 Å². The van der Waals surface area contributed by atoms with Crippen LogP contribution in [-0.4, -0.2) is 23.9 Å². The molecule has 4 nitrogen and oxygen atoms in total. The van der Waals surface area contributed by atoms with E-state index in [1.807, 2.05) is 51.1 Å². The molecule has 0 aliphatic heterocycles. The van der Waals surface area contributed by atoms with Gasteiger partial charge >= 0.3 is 0 Å². The molecular weight excluding hydrogens is 376 g/mol. The molecule has 23 heavy (non-hydrogen) atoms. The molecule has 2 aromatic rings. The van der Waals surface area contributed by atoms with Crippen LogP contribution in [0.4, 0.5) is 0 Å². The molecule has 1 heterocycles. The molecular formula is C17H19BrN2O2S. The number of carbonyl (C=O) groups excluding carboxylic acids is 2. The van der Waals surface area contributed by atoms with E-state index in [0.717, 1.165) is 14.9 Å². The third-order valence-corrected chi connectivity index (χ3v) is 4.54. The highest BCUT2D eigenvalue weighted by atomic mass is 79.9. The minimum atomic E-state index is -0.306. The van der Waals surface area contributed by atoms with Crippen molar-refractivity contribution in [2.24, 2.45) is 0 Å². The van der Waals surface area contributed by atoms with Crippen LogP contribution < -0.4 is 10.6 Å². The molecule has 0 fully saturated rings. The average Bonchev–Trinajstić information content (AvgIpc) is 2.93. The summed E-state index contributed by atoms with van der Waals surface area (Å²) in [6, 6.07) is 11.6. The van der Waals surface area contributed by atoms with Crippen LogP contribution in [0.3, 0.4) is 0 Å². The molecule has 0 atom stereocenters. The van der Waals surface area contributed by atoms with Gasteiger partial charge in [-0.2, -0.15) is 0 Å². The van der Waals surface area contributed by atoms with Crippen molar-refractivity contribution in [2.75, 3.05) is 6.54 Å². The predicted molar refractivity (Wildman–Crippen MR) is 97.7 cm³/mol. The maximum Gasteiger partial charge on any atom is 0.261 e. The Morgan fingerprint density at radius 1 is 1.09 bits per heavy atom. The minimum absolute atomic E-state index is 0.0262. The maximum absolute atomic E-state index is 12.1. The molecule has 6 heteroatoms. The number of amides is 2. The van der Waals surface area contributed by atoms with Gasteiger partial charge in [-0.15, -0.1) is 11.3 Å². The Balaban J connectivity index is 1.96. The first-order valence-corrected chi connectivity index (χ1v) is 8.80. The normalized spacial score (nSPS) is 11.1. The molecule has 2 amide bonds. The zero-order valence-electron chi connectivity index (χ0n) is 13.3. The smallest absolute Gasteiger partial charge is 0.261 e. The Morgan fingerprint density at radius 3 is 2.35 bits per heavy atom. The number of thiophene rings is 1. The lowest BCUT2D eigenvalue weighted by Gasteiger charge is -2.20. The quantitative estimate of drug-likeness (QED) is 0.827. The van der Waals surface area contributed by atoms with Gasteiger partial charge in [0.05, 0.1) is 11.4 Å². The van der Waals surface area contributed by atoms with Gasteiger partial charge in [-0.1, -0.05) is 28.1 Å². The lowest BCUT2D eigenvalue weighted by Crippen LogP contribution is -2.45. The highest BCUT2D eigenvalue weighted by molar-refractivity contribution is 9.10. The maximum atomic E-state index is 12.1. The summed E-state index contributed by atoms with van der Waals surface area (Å²) in [5.41, 5.74) is 0.752. The van der Waals surface area contributed by atoms with Gasteiger partial charge in [-0.3, -0.25) is 9.59 Å². The number of rotatable bonds is 4. The fraction of sp³-hybridized carbons (Fsp3) is 0.294. The summed E-state index contributed by atoms with van der Waals surface area (Å²) in [4.78, 5) is 25.5. The van der Waals surface area contributed by atoms with Gasteiger partial charge in [0.1, 0.15) is 0 Å². The Bertz CT molecular complexity index is 702. The van der Waals surface area contributed by atoms with Crippen molar-refractivity contribution in [3.63, 3.8) is 0 Å². The van der Waals surface area contributed by atoms with Crippen LogP contribution in [0.5, 0.6) is 0 Å². The van der Waals surface area contributed by atoms with Crippen LogP contribution in [0.1, 0.15) is 30.4 Å². The van der Waals surface area contributed by atoms with Gasteiger partial charge in [-0.25, -0.2) is 0 Å². The van der Waals surface area contributed by atoms with Gasteiger partial charge in [-0.05, 0) is 50.6 Å². The summed E-state index contributed by atoms with van der Waals surface area (Å²) in [7, 11) is 0. The topological polar surface area (TPSA) is 58.2 Å². The van der Waals surface area contributed by atoms with Crippen LogP contribution in [0.25, 0.3) is 10.4 Å². The first-order chi connectivity index (χ1) is 10.7. The van der Waals surface area contributed by atoms with E-state index in [9.17, 15) is 9.59 Å². The molecule has 122 valence electrons. The molecule has 0 bridgehead atoms. The monoisotopic (exact) mass is 394 g/mol. The zero-order chi connectivity index (χ0) is 17.0. The van der Waals surface area contributed by atoms with Crippen molar-refractivity contribution < 1.29 is 9.59 Å². The molecule has 0 saturated carbocycles. The van der Waals surface area contributed by atoms with Gasteiger partial charge in [0.2, 0.25) is 5.91 Å². The van der Waals surface area contributed by atoms with Crippen molar-refractivity contribution in [2.45, 2.75) is 26.3 Å². The van der Waals surface area contributed by atoms with Gasteiger partial charge < -0.3 is 10.6 Å². The number of halogens is 1. The summed E-state index contributed by atoms with van der Waals surface area (Å²) in [5, 5.41) is 5.45. The number of hydrogen-bond donors (Lipinski definition) is 2. The van der Waals surface area contributed by atoms with Gasteiger partial charge in [0.25, 0.3) is 5.91 Å². The van der Waals surface area contributed by atoms with E-state index in [4.69, 9.17) is 0 Å². The molecule has 2 rings (SSSR count). The highest BCUT2D eigenvalue weighted by Gasteiger charge is 2.15. The fourth-order valence-corrected chi connectivity index (χ4v) is 3.13. The second-order valence-corrected chi connectivity index (χ2v) is 8.15. The molecule has 0 spiro atoms. The van der Waals surface area contributed by atoms with Crippen molar-refractivity contribution >= 4 is 39.1 Å². The summed E-state index contributed by atoms with van der Waals surface area (Å²) >= 11 is 4.81. The number of hydrogen-bond acceptors (Lipinski definition) is 3. The molecule has 0 saturated heterocycles. The zero-order valence-corrected chi connectivity index (χ0v) is 15.7. The Hall–Kier alpha value is -1.66. The lowest BCUT2D eigenvalue weighted by atomic mass is 10.1. The Kier molecular flexibility index (Phi) is 5.59. The molecule has 1 aromatic carbocycles. The summed E-state index contributed by atoms with van der Waals surface area (Å²) in [6.07, 6.45) is 0. The van der Waals surface area contributed by atoms with Crippen molar-refractivity contribution in [3.05, 3.63) is 45.7 Å². The van der Waals surface area contributed by atoms with E-state index in [1.54, 1.807) is 6.07 Å². The van der Waals surface area contributed by atoms with Crippen LogP contribution >= 0.6 is 27.3 Å². The van der Waals surface area contributed by atoms with Crippen molar-refractivity contribution in [1.29, 1.82) is 0 Å². The summed E-state index contributed by atoms with van der Waals surface area (Å²) in [6.45, 7) is 5.67. The van der Waals surface area contributed by atoms with Crippen molar-refractivity contribution in [1.82, 2.24) is 10.6 Å². The van der Waals surface area contributed by atoms with Gasteiger partial charge in [0.15, 0.2) is 0 Å². The Morgan fingerprint density at radius 2 is 1.74 bits per heavy atom. The Labute approximate surface area is 148 Å². The van der Waals surface area contributed by atoms with E-state index in [1.165, 1.54) is 11.3 Å². The SMILES string of the molecule is CC(C)(C)NC(=O)CNC(=O)c1ccc(-c2ccc(Br)cc2)s1. The molecule has 0 aliphatic carbocycles. The molecule has 0 radical (unpaired) electrons. The van der Waals surface area contributed by atoms with Crippen LogP contribution in [0, 0.1) is 0 Å². The van der Waals surface area contributed by atoms with Gasteiger partial charge in [0, 0.05) is 14.9 Å². The summed E-state index contributed by atoms with van der Waals surface area (Å²) < 4.78 is 1.01. The summed E-state index contributed by atoms with van der Waals surface area (Å²) in [5.74, 6) is -0.432. The molecule has 2 N–H and O–H groups in total. The minimum Gasteiger partial charge on any atom is -0.350 e. The predicted octanol–water partition coefficient (Wildman–Crippen LogP) is 3.82. The molecule has 0 aliphatic rings. The second kappa shape index (κ2) is 7.27.